The zero-order valence-electron chi connectivity index (χ0n) is 9.44. The summed E-state index contributed by atoms with van der Waals surface area (Å²) in [6.07, 6.45) is 1.73. The van der Waals surface area contributed by atoms with Gasteiger partial charge in [-0.1, -0.05) is 17.7 Å². The maximum atomic E-state index is 4.35. The molecule has 2 aromatic heterocycles. The van der Waals surface area contributed by atoms with E-state index in [1.807, 2.05) is 24.3 Å². The van der Waals surface area contributed by atoms with Gasteiger partial charge in [-0.2, -0.15) is 4.98 Å². The van der Waals surface area contributed by atoms with Gasteiger partial charge in [-0.25, -0.2) is 4.98 Å². The Morgan fingerprint density at radius 3 is 2.71 bits per heavy atom. The van der Waals surface area contributed by atoms with E-state index < -0.39 is 0 Å². The van der Waals surface area contributed by atoms with Crippen LogP contribution in [0, 0.1) is 6.92 Å². The lowest BCUT2D eigenvalue weighted by Gasteiger charge is -2.02. The molecule has 2 N–H and O–H groups in total. The van der Waals surface area contributed by atoms with Crippen LogP contribution < -0.4 is 5.32 Å². The van der Waals surface area contributed by atoms with Crippen LogP contribution in [0.2, 0.25) is 0 Å². The number of hydrogen-bond donors (Lipinski definition) is 2. The molecule has 0 amide bonds. The molecule has 3 aromatic rings. The summed E-state index contributed by atoms with van der Waals surface area (Å²) in [4.78, 5) is 11.7. The lowest BCUT2D eigenvalue weighted by atomic mass is 10.2. The first-order valence-electron chi connectivity index (χ1n) is 5.46. The van der Waals surface area contributed by atoms with Crippen molar-refractivity contribution in [3.63, 3.8) is 0 Å². The number of nitrogens with zero attached hydrogens (tertiary/aromatic N) is 2. The second-order valence-corrected chi connectivity index (χ2v) is 3.95. The van der Waals surface area contributed by atoms with E-state index in [1.165, 1.54) is 5.56 Å². The van der Waals surface area contributed by atoms with E-state index in [2.05, 4.69) is 39.3 Å². The molecule has 17 heavy (non-hydrogen) atoms. The summed E-state index contributed by atoms with van der Waals surface area (Å²) in [6.45, 7) is 2.06. The number of H-pyrrole nitrogens is 1. The van der Waals surface area contributed by atoms with Crippen molar-refractivity contribution in [3.8, 4) is 0 Å². The number of anilines is 2. The van der Waals surface area contributed by atoms with E-state index >= 15 is 0 Å². The third kappa shape index (κ3) is 1.97. The summed E-state index contributed by atoms with van der Waals surface area (Å²) < 4.78 is 0. The van der Waals surface area contributed by atoms with Gasteiger partial charge in [0.15, 0.2) is 5.65 Å². The third-order valence-electron chi connectivity index (χ3n) is 2.57. The second kappa shape index (κ2) is 3.90. The van der Waals surface area contributed by atoms with Gasteiger partial charge >= 0.3 is 0 Å². The largest absolute Gasteiger partial charge is 0.326 e. The van der Waals surface area contributed by atoms with E-state index in [0.29, 0.717) is 5.95 Å². The lowest BCUT2D eigenvalue weighted by molar-refractivity contribution is 1.28. The van der Waals surface area contributed by atoms with Gasteiger partial charge < -0.3 is 10.3 Å². The van der Waals surface area contributed by atoms with E-state index in [0.717, 1.165) is 16.9 Å². The van der Waals surface area contributed by atoms with Crippen molar-refractivity contribution in [1.29, 1.82) is 0 Å². The first-order chi connectivity index (χ1) is 8.31. The van der Waals surface area contributed by atoms with Crippen molar-refractivity contribution in [3.05, 3.63) is 48.2 Å². The summed E-state index contributed by atoms with van der Waals surface area (Å²) in [6, 6.07) is 12.0. The average Bonchev–Trinajstić information content (AvgIpc) is 2.74. The van der Waals surface area contributed by atoms with Crippen LogP contribution in [-0.4, -0.2) is 15.0 Å². The maximum Gasteiger partial charge on any atom is 0.207 e. The number of benzene rings is 1. The molecule has 4 heteroatoms. The highest BCUT2D eigenvalue weighted by molar-refractivity contribution is 5.74. The number of imidazole rings is 1. The molecule has 1 aromatic carbocycles. The van der Waals surface area contributed by atoms with Crippen LogP contribution in [-0.2, 0) is 0 Å². The number of fused-ring (bicyclic) bond motifs is 1. The Kier molecular flexibility index (Phi) is 2.26. The number of aromatic nitrogens is 3. The number of pyridine rings is 1. The topological polar surface area (TPSA) is 53.6 Å². The number of aromatic amines is 1. The van der Waals surface area contributed by atoms with Gasteiger partial charge in [0.05, 0.1) is 5.52 Å². The van der Waals surface area contributed by atoms with Crippen LogP contribution in [0.5, 0.6) is 0 Å². The molecular formula is C13H12N4. The number of aryl methyl sites for hydroxylation is 1. The van der Waals surface area contributed by atoms with Crippen LogP contribution in [0.15, 0.2) is 42.6 Å². The first-order valence-corrected chi connectivity index (χ1v) is 5.46. The van der Waals surface area contributed by atoms with Crippen molar-refractivity contribution >= 4 is 22.8 Å². The van der Waals surface area contributed by atoms with Crippen molar-refractivity contribution in [2.75, 3.05) is 5.32 Å². The van der Waals surface area contributed by atoms with Gasteiger partial charge in [0.25, 0.3) is 0 Å². The molecule has 0 unspecified atom stereocenters. The Morgan fingerprint density at radius 2 is 1.94 bits per heavy atom. The minimum absolute atomic E-state index is 0.711. The second-order valence-electron chi connectivity index (χ2n) is 3.95. The summed E-state index contributed by atoms with van der Waals surface area (Å²) in [7, 11) is 0. The zero-order valence-corrected chi connectivity index (χ0v) is 9.44. The highest BCUT2D eigenvalue weighted by Gasteiger charge is 2.02. The third-order valence-corrected chi connectivity index (χ3v) is 2.57. The molecule has 3 rings (SSSR count). The van der Waals surface area contributed by atoms with Gasteiger partial charge in [0.1, 0.15) is 0 Å². The highest BCUT2D eigenvalue weighted by Crippen LogP contribution is 2.16. The summed E-state index contributed by atoms with van der Waals surface area (Å²) in [5, 5.41) is 3.21. The summed E-state index contributed by atoms with van der Waals surface area (Å²) in [5.41, 5.74) is 3.90. The Bertz CT molecular complexity index is 607. The molecule has 2 heterocycles. The molecule has 0 bridgehead atoms. The maximum absolute atomic E-state index is 4.35. The van der Waals surface area contributed by atoms with Crippen molar-refractivity contribution in [2.45, 2.75) is 6.92 Å². The van der Waals surface area contributed by atoms with Crippen LogP contribution in [0.1, 0.15) is 5.56 Å². The number of rotatable bonds is 2. The standard InChI is InChI=1S/C13H12N4/c1-9-4-6-10(7-5-9)15-13-16-11-3-2-8-14-12(11)17-13/h2-8H,1H3,(H2,14,15,16,17). The van der Waals surface area contributed by atoms with Crippen LogP contribution >= 0.6 is 0 Å². The van der Waals surface area contributed by atoms with E-state index in [-0.39, 0.29) is 0 Å². The minimum Gasteiger partial charge on any atom is -0.326 e. The minimum atomic E-state index is 0.711. The molecule has 0 aliphatic rings. The fourth-order valence-corrected chi connectivity index (χ4v) is 1.68. The van der Waals surface area contributed by atoms with Crippen molar-refractivity contribution in [2.24, 2.45) is 0 Å². The predicted octanol–water partition coefficient (Wildman–Crippen LogP) is 3.01. The monoisotopic (exact) mass is 224 g/mol. The quantitative estimate of drug-likeness (QED) is 0.703. The van der Waals surface area contributed by atoms with Crippen LogP contribution in [0.4, 0.5) is 11.6 Å². The van der Waals surface area contributed by atoms with Crippen molar-refractivity contribution in [1.82, 2.24) is 15.0 Å². The molecule has 0 spiro atoms. The molecule has 0 fully saturated rings. The molecule has 0 radical (unpaired) electrons. The van der Waals surface area contributed by atoms with Gasteiger partial charge in [-0.15, -0.1) is 0 Å². The van der Waals surface area contributed by atoms with Gasteiger partial charge in [0.2, 0.25) is 5.95 Å². The summed E-state index contributed by atoms with van der Waals surface area (Å²) >= 11 is 0. The lowest BCUT2D eigenvalue weighted by Crippen LogP contribution is -1.91. The smallest absolute Gasteiger partial charge is 0.207 e. The number of nitrogens with one attached hydrogen (secondary N) is 2. The van der Waals surface area contributed by atoms with E-state index in [4.69, 9.17) is 0 Å². The molecule has 0 saturated heterocycles. The van der Waals surface area contributed by atoms with Crippen molar-refractivity contribution < 1.29 is 0 Å². The fraction of sp³-hybridized carbons (Fsp3) is 0.0769. The summed E-state index contributed by atoms with van der Waals surface area (Å²) in [5.74, 6) is 0.711. The normalized spacial score (nSPS) is 10.6. The van der Waals surface area contributed by atoms with Crippen LogP contribution in [0.3, 0.4) is 0 Å². The molecule has 84 valence electrons. The average molecular weight is 224 g/mol. The molecule has 0 atom stereocenters. The molecular weight excluding hydrogens is 212 g/mol. The highest BCUT2D eigenvalue weighted by atomic mass is 15.1. The Labute approximate surface area is 98.7 Å². The van der Waals surface area contributed by atoms with Gasteiger partial charge in [-0.05, 0) is 31.2 Å². The first kappa shape index (κ1) is 9.84. The fourth-order valence-electron chi connectivity index (χ4n) is 1.68. The van der Waals surface area contributed by atoms with Gasteiger partial charge in [-0.3, -0.25) is 0 Å². The Hall–Kier alpha value is -2.36. The zero-order chi connectivity index (χ0) is 11.7. The molecule has 0 saturated carbocycles. The molecule has 0 aliphatic carbocycles. The molecule has 0 aliphatic heterocycles. The van der Waals surface area contributed by atoms with E-state index in [9.17, 15) is 0 Å². The SMILES string of the molecule is Cc1ccc(Nc2nc3ncccc3[nH]2)cc1. The number of hydrogen-bond acceptors (Lipinski definition) is 3. The Balaban J connectivity index is 1.92. The van der Waals surface area contributed by atoms with Crippen LogP contribution in [0.25, 0.3) is 11.2 Å². The predicted molar refractivity (Wildman–Crippen MR) is 68.4 cm³/mol. The molecule has 4 nitrogen and oxygen atoms in total. The van der Waals surface area contributed by atoms with Gasteiger partial charge in [0, 0.05) is 11.9 Å². The Morgan fingerprint density at radius 1 is 1.12 bits per heavy atom. The van der Waals surface area contributed by atoms with E-state index in [1.54, 1.807) is 6.20 Å².